The zero-order chi connectivity index (χ0) is 7.28. The molecule has 0 aromatic carbocycles. The molecule has 2 atom stereocenters. The summed E-state index contributed by atoms with van der Waals surface area (Å²) < 4.78 is 0. The third kappa shape index (κ3) is 4.15. The molecule has 0 rings (SSSR count). The van der Waals surface area contributed by atoms with Gasteiger partial charge in [0.1, 0.15) is 0 Å². The van der Waals surface area contributed by atoms with Crippen LogP contribution in [0.1, 0.15) is 33.1 Å². The van der Waals surface area contributed by atoms with Gasteiger partial charge in [-0.3, -0.25) is 0 Å². The second-order valence-electron chi connectivity index (χ2n) is 2.69. The Morgan fingerprint density at radius 1 is 1.44 bits per heavy atom. The van der Waals surface area contributed by atoms with E-state index >= 15 is 0 Å². The van der Waals surface area contributed by atoms with Gasteiger partial charge in [-0.2, -0.15) is 0 Å². The molecule has 0 N–H and O–H groups in total. The standard InChI is InChI=1S/C7H17BrSi/c1-3-5-6(8)7(9)4-2/h6-7H,3-5H2,1-2,9H3. The van der Waals surface area contributed by atoms with Crippen molar-refractivity contribution in [3.8, 4) is 0 Å². The second kappa shape index (κ2) is 5.48. The Balaban J connectivity index is 3.32. The predicted octanol–water partition coefficient (Wildman–Crippen LogP) is 2.11. The van der Waals surface area contributed by atoms with Crippen molar-refractivity contribution in [2.45, 2.75) is 43.5 Å². The average molecular weight is 209 g/mol. The van der Waals surface area contributed by atoms with Gasteiger partial charge in [0.2, 0.25) is 0 Å². The molecular formula is C7H17BrSi. The Morgan fingerprint density at radius 3 is 2.33 bits per heavy atom. The van der Waals surface area contributed by atoms with Crippen LogP contribution in [0.5, 0.6) is 0 Å². The summed E-state index contributed by atoms with van der Waals surface area (Å²) in [6, 6.07) is 0. The highest BCUT2D eigenvalue weighted by atomic mass is 79.9. The van der Waals surface area contributed by atoms with E-state index < -0.39 is 0 Å². The Morgan fingerprint density at radius 2 is 2.00 bits per heavy atom. The normalized spacial score (nSPS) is 17.7. The van der Waals surface area contributed by atoms with Crippen LogP contribution in [0.3, 0.4) is 0 Å². The van der Waals surface area contributed by atoms with Gasteiger partial charge in [-0.15, -0.1) is 0 Å². The molecule has 9 heavy (non-hydrogen) atoms. The van der Waals surface area contributed by atoms with Gasteiger partial charge >= 0.3 is 0 Å². The fraction of sp³-hybridized carbons (Fsp3) is 1.00. The highest BCUT2D eigenvalue weighted by molar-refractivity contribution is 9.09. The molecule has 0 aliphatic heterocycles. The Hall–Kier alpha value is 0.697. The van der Waals surface area contributed by atoms with E-state index in [1.807, 2.05) is 0 Å². The molecule has 0 saturated heterocycles. The van der Waals surface area contributed by atoms with Gasteiger partial charge < -0.3 is 0 Å². The highest BCUT2D eigenvalue weighted by Gasteiger charge is 2.09. The molecule has 2 heteroatoms. The smallest absolute Gasteiger partial charge is 0.0141 e. The van der Waals surface area contributed by atoms with Gasteiger partial charge in [0.25, 0.3) is 0 Å². The molecule has 0 spiro atoms. The molecule has 0 nitrogen and oxygen atoms in total. The van der Waals surface area contributed by atoms with Crippen molar-refractivity contribution in [2.75, 3.05) is 0 Å². The van der Waals surface area contributed by atoms with Gasteiger partial charge in [-0.25, -0.2) is 0 Å². The number of halogens is 1. The van der Waals surface area contributed by atoms with E-state index in [0.29, 0.717) is 0 Å². The molecule has 0 heterocycles. The van der Waals surface area contributed by atoms with E-state index in [1.165, 1.54) is 29.5 Å². The summed E-state index contributed by atoms with van der Waals surface area (Å²) in [5.74, 6) is 0. The minimum atomic E-state index is 0.805. The summed E-state index contributed by atoms with van der Waals surface area (Å²) in [6.07, 6.45) is 4.01. The lowest BCUT2D eigenvalue weighted by atomic mass is 10.1. The van der Waals surface area contributed by atoms with Crippen molar-refractivity contribution in [3.05, 3.63) is 0 Å². The molecule has 0 bridgehead atoms. The first-order valence-corrected chi connectivity index (χ1v) is 5.93. The van der Waals surface area contributed by atoms with Crippen molar-refractivity contribution < 1.29 is 0 Å². The van der Waals surface area contributed by atoms with Crippen molar-refractivity contribution in [2.24, 2.45) is 0 Å². The van der Waals surface area contributed by atoms with Crippen LogP contribution in [0.4, 0.5) is 0 Å². The molecule has 0 radical (unpaired) electrons. The number of rotatable bonds is 4. The largest absolute Gasteiger partial charge is 0.0891 e. The van der Waals surface area contributed by atoms with Crippen LogP contribution in [-0.4, -0.2) is 15.1 Å². The zero-order valence-electron chi connectivity index (χ0n) is 6.65. The topological polar surface area (TPSA) is 0 Å². The molecule has 0 aliphatic rings. The van der Waals surface area contributed by atoms with E-state index in [9.17, 15) is 0 Å². The van der Waals surface area contributed by atoms with Crippen LogP contribution in [0.2, 0.25) is 5.54 Å². The molecule has 0 saturated carbocycles. The second-order valence-corrected chi connectivity index (χ2v) is 5.35. The van der Waals surface area contributed by atoms with Gasteiger partial charge in [0, 0.05) is 15.1 Å². The quantitative estimate of drug-likeness (QED) is 0.491. The highest BCUT2D eigenvalue weighted by Crippen LogP contribution is 2.22. The summed E-state index contributed by atoms with van der Waals surface area (Å²) in [5.41, 5.74) is 0.977. The summed E-state index contributed by atoms with van der Waals surface area (Å²) >= 11 is 3.70. The van der Waals surface area contributed by atoms with Crippen LogP contribution < -0.4 is 0 Å². The van der Waals surface area contributed by atoms with Gasteiger partial charge in [-0.1, -0.05) is 42.6 Å². The van der Waals surface area contributed by atoms with Crippen molar-refractivity contribution in [3.63, 3.8) is 0 Å². The van der Waals surface area contributed by atoms with Crippen molar-refractivity contribution in [1.29, 1.82) is 0 Å². The summed E-state index contributed by atoms with van der Waals surface area (Å²) in [4.78, 5) is 0.805. The maximum atomic E-state index is 3.70. The van der Waals surface area contributed by atoms with E-state index in [1.54, 1.807) is 0 Å². The molecule has 2 unspecified atom stereocenters. The SMILES string of the molecule is CCCC(Br)C([SiH3])CC. The lowest BCUT2D eigenvalue weighted by Gasteiger charge is -2.14. The lowest BCUT2D eigenvalue weighted by Crippen LogP contribution is -2.06. The first-order valence-electron chi connectivity index (χ1n) is 3.86. The molecule has 0 aromatic heterocycles. The lowest BCUT2D eigenvalue weighted by molar-refractivity contribution is 0.680. The maximum absolute atomic E-state index is 3.70. The van der Waals surface area contributed by atoms with E-state index in [2.05, 4.69) is 29.8 Å². The first kappa shape index (κ1) is 9.70. The minimum Gasteiger partial charge on any atom is -0.0891 e. The average Bonchev–Trinajstić information content (AvgIpc) is 1.87. The van der Waals surface area contributed by atoms with Crippen LogP contribution in [0.25, 0.3) is 0 Å². The molecule has 0 aromatic rings. The Kier molecular flexibility index (Phi) is 5.90. The Labute approximate surface area is 70.0 Å². The minimum absolute atomic E-state index is 0.805. The molecule has 56 valence electrons. The zero-order valence-corrected chi connectivity index (χ0v) is 10.2. The number of hydrogen-bond acceptors (Lipinski definition) is 0. The number of hydrogen-bond donors (Lipinski definition) is 0. The monoisotopic (exact) mass is 208 g/mol. The van der Waals surface area contributed by atoms with E-state index in [4.69, 9.17) is 0 Å². The van der Waals surface area contributed by atoms with E-state index in [-0.39, 0.29) is 0 Å². The molecule has 0 aliphatic carbocycles. The molecular weight excluding hydrogens is 192 g/mol. The maximum Gasteiger partial charge on any atom is 0.0141 e. The first-order chi connectivity index (χ1) is 4.22. The summed E-state index contributed by atoms with van der Waals surface area (Å²) in [5, 5.41) is 0. The Bertz CT molecular complexity index is 65.9. The predicted molar refractivity (Wildman–Crippen MR) is 51.6 cm³/mol. The van der Waals surface area contributed by atoms with Crippen LogP contribution in [0.15, 0.2) is 0 Å². The van der Waals surface area contributed by atoms with Crippen molar-refractivity contribution >= 4 is 26.2 Å². The van der Waals surface area contributed by atoms with Gasteiger partial charge in [0.05, 0.1) is 0 Å². The third-order valence-electron chi connectivity index (χ3n) is 1.83. The van der Waals surface area contributed by atoms with Crippen molar-refractivity contribution in [1.82, 2.24) is 0 Å². The fourth-order valence-corrected chi connectivity index (χ4v) is 1.98. The van der Waals surface area contributed by atoms with Crippen LogP contribution in [0, 0.1) is 0 Å². The molecule has 0 amide bonds. The van der Waals surface area contributed by atoms with Gasteiger partial charge in [0.15, 0.2) is 0 Å². The third-order valence-corrected chi connectivity index (χ3v) is 5.78. The van der Waals surface area contributed by atoms with Crippen LogP contribution in [-0.2, 0) is 0 Å². The van der Waals surface area contributed by atoms with Crippen LogP contribution >= 0.6 is 15.9 Å². The summed E-state index contributed by atoms with van der Waals surface area (Å²) in [6.45, 7) is 4.53. The number of alkyl halides is 1. The fourth-order valence-electron chi connectivity index (χ4n) is 0.816. The van der Waals surface area contributed by atoms with E-state index in [0.717, 1.165) is 10.4 Å². The summed E-state index contributed by atoms with van der Waals surface area (Å²) in [7, 11) is 1.34. The van der Waals surface area contributed by atoms with Gasteiger partial charge in [-0.05, 0) is 12.0 Å². The molecule has 0 fully saturated rings.